The third-order valence-electron chi connectivity index (χ3n) is 4.32. The van der Waals surface area contributed by atoms with Gasteiger partial charge in [0.2, 0.25) is 15.8 Å². The van der Waals surface area contributed by atoms with Crippen molar-refractivity contribution in [2.75, 3.05) is 40.0 Å². The van der Waals surface area contributed by atoms with Gasteiger partial charge in [-0.1, -0.05) is 6.07 Å². The Morgan fingerprint density at radius 1 is 1.32 bits per heavy atom. The minimum atomic E-state index is -3.82. The van der Waals surface area contributed by atoms with Crippen LogP contribution in [0, 0.1) is 11.3 Å². The molecule has 11 heteroatoms. The van der Waals surface area contributed by atoms with Crippen molar-refractivity contribution >= 4 is 27.9 Å². The number of methoxy groups -OCH3 is 1. The third kappa shape index (κ3) is 6.14. The fraction of sp³-hybridized carbons (Fsp3) is 0.350. The molecule has 1 aliphatic rings. The first kappa shape index (κ1) is 24.1. The van der Waals surface area contributed by atoms with Crippen LogP contribution in [0.2, 0.25) is 0 Å². The van der Waals surface area contributed by atoms with Gasteiger partial charge in [0.15, 0.2) is 6.61 Å². The average Bonchev–Trinajstić information content (AvgIpc) is 2.76. The molecule has 1 fully saturated rings. The third-order valence-corrected chi connectivity index (χ3v) is 6.24. The lowest BCUT2D eigenvalue weighted by molar-refractivity contribution is -0.141. The number of nitriles is 1. The van der Waals surface area contributed by atoms with E-state index in [9.17, 15) is 18.0 Å². The van der Waals surface area contributed by atoms with Gasteiger partial charge in [-0.3, -0.25) is 4.79 Å². The normalized spacial score (nSPS) is 15.8. The summed E-state index contributed by atoms with van der Waals surface area (Å²) in [7, 11) is -2.46. The van der Waals surface area contributed by atoms with E-state index in [4.69, 9.17) is 25.2 Å². The number of rotatable bonds is 8. The summed E-state index contributed by atoms with van der Waals surface area (Å²) in [4.78, 5) is 23.7. The fourth-order valence-electron chi connectivity index (χ4n) is 2.72. The molecule has 2 N–H and O–H groups in total. The topological polar surface area (TPSA) is 149 Å². The van der Waals surface area contributed by atoms with Gasteiger partial charge in [0.1, 0.15) is 22.3 Å². The van der Waals surface area contributed by atoms with Crippen LogP contribution in [0.3, 0.4) is 0 Å². The van der Waals surface area contributed by atoms with Crippen molar-refractivity contribution in [1.82, 2.24) is 4.31 Å². The van der Waals surface area contributed by atoms with Gasteiger partial charge < -0.3 is 19.9 Å². The monoisotopic (exact) mass is 449 g/mol. The molecule has 1 aromatic rings. The number of nitrogens with two attached hydrogens (primary N) is 1. The number of ketones is 1. The van der Waals surface area contributed by atoms with Crippen LogP contribution >= 0.6 is 0 Å². The Labute approximate surface area is 180 Å². The Hall–Kier alpha value is -3.20. The number of Topliss-reactive ketones (excluding diaryl/α,β-unsaturated/α-hetero) is 1. The molecule has 1 heterocycles. The maximum atomic E-state index is 13.0. The lowest BCUT2D eigenvalue weighted by Crippen LogP contribution is -2.40. The van der Waals surface area contributed by atoms with Crippen LogP contribution in [0.1, 0.15) is 12.5 Å². The number of carbonyl (C=O) groups excluding carboxylic acids is 2. The highest BCUT2D eigenvalue weighted by atomic mass is 32.2. The quantitative estimate of drug-likeness (QED) is 0.342. The number of hydrogen-bond donors (Lipinski definition) is 1. The second kappa shape index (κ2) is 10.7. The van der Waals surface area contributed by atoms with E-state index in [1.165, 1.54) is 36.5 Å². The molecular weight excluding hydrogens is 426 g/mol. The molecule has 0 radical (unpaired) electrons. The van der Waals surface area contributed by atoms with Gasteiger partial charge in [-0.25, -0.2) is 13.2 Å². The number of esters is 1. The zero-order valence-corrected chi connectivity index (χ0v) is 18.0. The second-order valence-corrected chi connectivity index (χ2v) is 8.37. The highest BCUT2D eigenvalue weighted by Gasteiger charge is 2.29. The molecule has 2 rings (SSSR count). The Balaban J connectivity index is 2.15. The number of nitrogens with zero attached hydrogens (tertiary/aromatic N) is 2. The summed E-state index contributed by atoms with van der Waals surface area (Å²) in [6.45, 7) is 1.82. The summed E-state index contributed by atoms with van der Waals surface area (Å²) in [5, 5.41) is 8.88. The molecule has 0 amide bonds. The number of sulfonamides is 1. The van der Waals surface area contributed by atoms with E-state index in [1.807, 2.05) is 0 Å². The molecule has 1 aliphatic heterocycles. The first-order chi connectivity index (χ1) is 14.7. The minimum absolute atomic E-state index is 0.0336. The molecule has 0 spiro atoms. The maximum Gasteiger partial charge on any atom is 0.331 e. The Kier molecular flexibility index (Phi) is 8.32. The van der Waals surface area contributed by atoms with Crippen LogP contribution in [0.25, 0.3) is 6.08 Å². The number of hydrogen-bond acceptors (Lipinski definition) is 9. The Morgan fingerprint density at radius 2 is 2.00 bits per heavy atom. The predicted molar refractivity (Wildman–Crippen MR) is 110 cm³/mol. The molecule has 0 atom stereocenters. The molecule has 10 nitrogen and oxygen atoms in total. The summed E-state index contributed by atoms with van der Waals surface area (Å²) in [5.74, 6) is -1.38. The highest BCUT2D eigenvalue weighted by molar-refractivity contribution is 7.89. The standard InChI is InChI=1S/C20H23N3O7S/c1-14(22)16(12-21)17(24)13-30-20(25)6-4-15-3-5-18(28-2)19(11-15)31(26,27)23-7-9-29-10-8-23/h3-6,11H,7-10,13,22H2,1-2H3/b6-4+,16-14+. The number of ether oxygens (including phenoxy) is 3. The smallest absolute Gasteiger partial charge is 0.331 e. The van der Waals surface area contributed by atoms with Crippen molar-refractivity contribution in [3.8, 4) is 11.8 Å². The molecule has 0 saturated carbocycles. The number of allylic oxidation sites excluding steroid dienone is 1. The molecule has 0 aromatic heterocycles. The van der Waals surface area contributed by atoms with Gasteiger partial charge in [-0.2, -0.15) is 9.57 Å². The maximum absolute atomic E-state index is 13.0. The van der Waals surface area contributed by atoms with Crippen molar-refractivity contribution < 1.29 is 32.2 Å². The van der Waals surface area contributed by atoms with Crippen LogP contribution in [0.5, 0.6) is 5.75 Å². The van der Waals surface area contributed by atoms with E-state index in [2.05, 4.69) is 0 Å². The van der Waals surface area contributed by atoms with E-state index >= 15 is 0 Å². The Bertz CT molecular complexity index is 1050. The lowest BCUT2D eigenvalue weighted by Gasteiger charge is -2.26. The second-order valence-electron chi connectivity index (χ2n) is 6.46. The molecule has 0 bridgehead atoms. The summed E-state index contributed by atoms with van der Waals surface area (Å²) < 4.78 is 42.5. The highest BCUT2D eigenvalue weighted by Crippen LogP contribution is 2.28. The minimum Gasteiger partial charge on any atom is -0.495 e. The molecule has 166 valence electrons. The zero-order valence-electron chi connectivity index (χ0n) is 17.2. The predicted octanol–water partition coefficient (Wildman–Crippen LogP) is 0.598. The molecule has 1 saturated heterocycles. The average molecular weight is 449 g/mol. The van der Waals surface area contributed by atoms with Crippen LogP contribution in [-0.4, -0.2) is 64.5 Å². The Morgan fingerprint density at radius 3 is 2.58 bits per heavy atom. The van der Waals surface area contributed by atoms with Crippen LogP contribution in [0.4, 0.5) is 0 Å². The summed E-state index contributed by atoms with van der Waals surface area (Å²) in [5.41, 5.74) is 5.60. The van der Waals surface area contributed by atoms with Gasteiger partial charge >= 0.3 is 5.97 Å². The number of carbonyl (C=O) groups is 2. The molecule has 0 aliphatic carbocycles. The van der Waals surface area contributed by atoms with Crippen LogP contribution < -0.4 is 10.5 Å². The summed E-state index contributed by atoms with van der Waals surface area (Å²) in [6, 6.07) is 6.09. The van der Waals surface area contributed by atoms with Crippen molar-refractivity contribution in [2.45, 2.75) is 11.8 Å². The zero-order chi connectivity index (χ0) is 23.0. The number of benzene rings is 1. The van der Waals surface area contributed by atoms with Crippen LogP contribution in [0.15, 0.2) is 40.4 Å². The summed E-state index contributed by atoms with van der Waals surface area (Å²) >= 11 is 0. The van der Waals surface area contributed by atoms with Gasteiger partial charge in [0, 0.05) is 24.9 Å². The summed E-state index contributed by atoms with van der Waals surface area (Å²) in [6.07, 6.45) is 2.39. The molecular formula is C20H23N3O7S. The van der Waals surface area contributed by atoms with Gasteiger partial charge in [-0.15, -0.1) is 0 Å². The van der Waals surface area contributed by atoms with Gasteiger partial charge in [-0.05, 0) is 30.7 Å². The van der Waals surface area contributed by atoms with E-state index in [1.54, 1.807) is 12.1 Å². The fourth-order valence-corrected chi connectivity index (χ4v) is 4.31. The van der Waals surface area contributed by atoms with Crippen LogP contribution in [-0.2, 0) is 29.1 Å². The molecule has 0 unspecified atom stereocenters. The van der Waals surface area contributed by atoms with E-state index < -0.39 is 28.4 Å². The van der Waals surface area contributed by atoms with E-state index in [0.29, 0.717) is 18.8 Å². The van der Waals surface area contributed by atoms with Gasteiger partial charge in [0.05, 0.1) is 20.3 Å². The first-order valence-corrected chi connectivity index (χ1v) is 10.6. The lowest BCUT2D eigenvalue weighted by atomic mass is 10.1. The van der Waals surface area contributed by atoms with Gasteiger partial charge in [0.25, 0.3) is 0 Å². The molecule has 31 heavy (non-hydrogen) atoms. The van der Waals surface area contributed by atoms with Crippen molar-refractivity contribution in [3.05, 3.63) is 41.1 Å². The van der Waals surface area contributed by atoms with Crippen molar-refractivity contribution in [2.24, 2.45) is 5.73 Å². The van der Waals surface area contributed by atoms with Crippen molar-refractivity contribution in [3.63, 3.8) is 0 Å². The largest absolute Gasteiger partial charge is 0.495 e. The van der Waals surface area contributed by atoms with E-state index in [0.717, 1.165) is 6.08 Å². The van der Waals surface area contributed by atoms with E-state index in [-0.39, 0.29) is 35.0 Å². The van der Waals surface area contributed by atoms with Crippen molar-refractivity contribution in [1.29, 1.82) is 5.26 Å². The number of morpholine rings is 1. The SMILES string of the molecule is COc1ccc(/C=C/C(=O)OCC(=O)/C(C#N)=C(\C)N)cc1S(=O)(=O)N1CCOCC1. The molecule has 1 aromatic carbocycles. The first-order valence-electron chi connectivity index (χ1n) is 9.21.